The van der Waals surface area contributed by atoms with Gasteiger partial charge in [0, 0.05) is 0 Å². The van der Waals surface area contributed by atoms with Crippen LogP contribution in [0.5, 0.6) is 0 Å². The quantitative estimate of drug-likeness (QED) is 0.121. The van der Waals surface area contributed by atoms with Crippen LogP contribution < -0.4 is 0 Å². The Kier molecular flexibility index (Phi) is 11.4. The fraction of sp³-hybridized carbons (Fsp3) is 0.333. The Morgan fingerprint density at radius 3 is 1.56 bits per heavy atom. The summed E-state index contributed by atoms with van der Waals surface area (Å²) in [4.78, 5) is 13.0. The van der Waals surface area contributed by atoms with Crippen molar-refractivity contribution in [2.24, 2.45) is 0 Å². The maximum Gasteiger partial charge on any atom is 0.338 e. The van der Waals surface area contributed by atoms with Gasteiger partial charge in [0.15, 0.2) is 6.10 Å². The molecule has 11 heteroatoms. The van der Waals surface area contributed by atoms with Crippen molar-refractivity contribution in [3.8, 4) is 0 Å². The molecule has 1 fully saturated rings. The number of methoxy groups -OCH3 is 1. The fourth-order valence-electron chi connectivity index (χ4n) is 4.24. The van der Waals surface area contributed by atoms with Gasteiger partial charge in [0.05, 0.1) is 26.9 Å². The van der Waals surface area contributed by atoms with Crippen LogP contribution in [0.3, 0.4) is 0 Å². The molecule has 3 aromatic carbocycles. The Hall–Kier alpha value is -2.69. The van der Waals surface area contributed by atoms with Gasteiger partial charge in [-0.3, -0.25) is 5.41 Å². The summed E-state index contributed by atoms with van der Waals surface area (Å²) in [6.07, 6.45) is -5.64. The lowest BCUT2D eigenvalue weighted by molar-refractivity contribution is -0.305. The van der Waals surface area contributed by atoms with E-state index in [1.54, 1.807) is 0 Å². The van der Waals surface area contributed by atoms with E-state index in [-0.39, 0.29) is 19.8 Å². The summed E-state index contributed by atoms with van der Waals surface area (Å²) in [6.45, 7) is 0.439. The van der Waals surface area contributed by atoms with Crippen molar-refractivity contribution in [1.29, 1.82) is 5.41 Å². The monoisotopic (exact) mass is 621 g/mol. The van der Waals surface area contributed by atoms with E-state index < -0.39 is 46.4 Å². The van der Waals surface area contributed by atoms with Crippen LogP contribution in [-0.4, -0.2) is 53.5 Å². The molecule has 1 saturated heterocycles. The zero-order valence-electron chi connectivity index (χ0n) is 22.2. The average molecular weight is 623 g/mol. The number of carbonyl (C=O) groups excluding carboxylic acids is 1. The highest BCUT2D eigenvalue weighted by Gasteiger charge is 2.53. The standard InChI is InChI=1S/C30H30Cl3NO7/c1-36-27(35)25-23(37-17-20-11-5-2-6-12-20)24(38-18-21-13-7-3-8-14-21)26(39-19-22-15-9-4-10-16-22)28(40-25)41-29(34)30(31,32)33/h2-16,23-26,28,34H,17-19H2,1H3/t23-,24?,25?,26?,28-/m0/s1. The minimum atomic E-state index is -2.19. The van der Waals surface area contributed by atoms with Gasteiger partial charge in [0.1, 0.15) is 18.3 Å². The predicted molar refractivity (Wildman–Crippen MR) is 155 cm³/mol. The van der Waals surface area contributed by atoms with E-state index >= 15 is 0 Å². The summed E-state index contributed by atoms with van der Waals surface area (Å²) in [7, 11) is 1.23. The van der Waals surface area contributed by atoms with Gasteiger partial charge in [-0.1, -0.05) is 126 Å². The molecule has 1 N–H and O–H groups in total. The molecule has 1 aliphatic rings. The number of hydrogen-bond donors (Lipinski definition) is 1. The highest BCUT2D eigenvalue weighted by molar-refractivity contribution is 6.76. The second kappa shape index (κ2) is 15.0. The highest BCUT2D eigenvalue weighted by Crippen LogP contribution is 2.34. The van der Waals surface area contributed by atoms with Crippen LogP contribution in [0, 0.1) is 5.41 Å². The lowest BCUT2D eigenvalue weighted by Gasteiger charge is -2.44. The zero-order valence-corrected chi connectivity index (χ0v) is 24.4. The number of rotatable bonds is 11. The summed E-state index contributed by atoms with van der Waals surface area (Å²) >= 11 is 17.7. The number of alkyl halides is 3. The van der Waals surface area contributed by atoms with Crippen molar-refractivity contribution < 1.29 is 33.2 Å². The minimum Gasteiger partial charge on any atom is -0.467 e. The summed E-state index contributed by atoms with van der Waals surface area (Å²) in [5.74, 6) is -1.44. The normalized spacial score (nSPS) is 22.6. The van der Waals surface area contributed by atoms with Crippen LogP contribution in [0.2, 0.25) is 0 Å². The molecule has 0 aliphatic carbocycles. The number of carbonyl (C=O) groups is 1. The molecule has 0 saturated carbocycles. The van der Waals surface area contributed by atoms with Crippen molar-refractivity contribution in [2.75, 3.05) is 7.11 Å². The molecule has 0 spiro atoms. The topological polar surface area (TPSA) is 96.3 Å². The van der Waals surface area contributed by atoms with E-state index in [1.165, 1.54) is 7.11 Å². The van der Waals surface area contributed by atoms with Crippen LogP contribution in [-0.2, 0) is 53.0 Å². The molecule has 218 valence electrons. The molecule has 0 amide bonds. The van der Waals surface area contributed by atoms with E-state index in [1.807, 2.05) is 91.0 Å². The number of ether oxygens (including phenoxy) is 6. The van der Waals surface area contributed by atoms with Gasteiger partial charge >= 0.3 is 5.97 Å². The third-order valence-corrected chi connectivity index (χ3v) is 6.79. The Bertz CT molecular complexity index is 1250. The second-order valence-electron chi connectivity index (χ2n) is 9.18. The maximum absolute atomic E-state index is 13.0. The molecule has 3 aromatic rings. The van der Waals surface area contributed by atoms with Crippen LogP contribution in [0.1, 0.15) is 16.7 Å². The van der Waals surface area contributed by atoms with Crippen LogP contribution in [0.4, 0.5) is 0 Å². The molecule has 5 atom stereocenters. The molecular weight excluding hydrogens is 593 g/mol. The molecule has 0 aromatic heterocycles. The van der Waals surface area contributed by atoms with Crippen LogP contribution in [0.25, 0.3) is 0 Å². The first-order valence-electron chi connectivity index (χ1n) is 12.8. The number of benzene rings is 3. The van der Waals surface area contributed by atoms with E-state index in [4.69, 9.17) is 68.6 Å². The zero-order chi connectivity index (χ0) is 29.2. The second-order valence-corrected chi connectivity index (χ2v) is 11.5. The van der Waals surface area contributed by atoms with Gasteiger partial charge in [0.2, 0.25) is 12.2 Å². The number of hydrogen-bond acceptors (Lipinski definition) is 8. The third-order valence-electron chi connectivity index (χ3n) is 6.28. The van der Waals surface area contributed by atoms with Crippen molar-refractivity contribution in [3.05, 3.63) is 108 Å². The summed E-state index contributed by atoms with van der Waals surface area (Å²) in [6, 6.07) is 28.4. The lowest BCUT2D eigenvalue weighted by Crippen LogP contribution is -2.63. The molecule has 41 heavy (non-hydrogen) atoms. The van der Waals surface area contributed by atoms with E-state index in [0.717, 1.165) is 16.7 Å². The molecule has 1 aliphatic heterocycles. The van der Waals surface area contributed by atoms with E-state index in [0.29, 0.717) is 0 Å². The SMILES string of the molecule is COC(=O)C1O[C@@H](OC(=N)C(Cl)(Cl)Cl)C(OCc2ccccc2)C(OCc2ccccc2)[C@@H]1OCc1ccccc1. The van der Waals surface area contributed by atoms with Gasteiger partial charge in [-0.05, 0) is 16.7 Å². The Labute approximate surface area is 253 Å². The molecule has 0 bridgehead atoms. The Balaban J connectivity index is 1.70. The molecule has 4 rings (SSSR count). The summed E-state index contributed by atoms with van der Waals surface area (Å²) < 4.78 is 33.6. The molecule has 0 radical (unpaired) electrons. The van der Waals surface area contributed by atoms with Crippen molar-refractivity contribution in [2.45, 2.75) is 54.3 Å². The van der Waals surface area contributed by atoms with Gasteiger partial charge in [-0.15, -0.1) is 0 Å². The van der Waals surface area contributed by atoms with Gasteiger partial charge < -0.3 is 28.4 Å². The molecule has 8 nitrogen and oxygen atoms in total. The first-order chi connectivity index (χ1) is 19.8. The number of esters is 1. The first-order valence-corrected chi connectivity index (χ1v) is 13.9. The van der Waals surface area contributed by atoms with Crippen molar-refractivity contribution in [1.82, 2.24) is 0 Å². The minimum absolute atomic E-state index is 0.134. The first kappa shape index (κ1) is 31.3. The Morgan fingerprint density at radius 2 is 1.15 bits per heavy atom. The number of nitrogens with one attached hydrogen (secondary N) is 1. The fourth-order valence-corrected chi connectivity index (χ4v) is 4.38. The maximum atomic E-state index is 13.0. The van der Waals surface area contributed by atoms with Crippen molar-refractivity contribution in [3.63, 3.8) is 0 Å². The smallest absolute Gasteiger partial charge is 0.338 e. The largest absolute Gasteiger partial charge is 0.467 e. The molecular formula is C30H30Cl3NO7. The number of halogens is 3. The van der Waals surface area contributed by atoms with E-state index in [2.05, 4.69) is 0 Å². The van der Waals surface area contributed by atoms with Crippen LogP contribution in [0.15, 0.2) is 91.0 Å². The average Bonchev–Trinajstić information content (AvgIpc) is 2.99. The summed E-state index contributed by atoms with van der Waals surface area (Å²) in [5, 5.41) is 8.18. The van der Waals surface area contributed by atoms with E-state index in [9.17, 15) is 4.79 Å². The molecule has 1 heterocycles. The summed E-state index contributed by atoms with van der Waals surface area (Å²) in [5.41, 5.74) is 2.61. The van der Waals surface area contributed by atoms with Gasteiger partial charge in [-0.25, -0.2) is 4.79 Å². The van der Waals surface area contributed by atoms with Gasteiger partial charge in [-0.2, -0.15) is 0 Å². The van der Waals surface area contributed by atoms with Crippen molar-refractivity contribution >= 4 is 46.7 Å². The highest BCUT2D eigenvalue weighted by atomic mass is 35.6. The van der Waals surface area contributed by atoms with Crippen LogP contribution >= 0.6 is 34.8 Å². The third kappa shape index (κ3) is 8.90. The Morgan fingerprint density at radius 1 is 0.732 bits per heavy atom. The molecule has 3 unspecified atom stereocenters. The van der Waals surface area contributed by atoms with Gasteiger partial charge in [0.25, 0.3) is 3.79 Å². The predicted octanol–water partition coefficient (Wildman–Crippen LogP) is 6.00. The lowest BCUT2D eigenvalue weighted by atomic mass is 9.97.